The molecule has 0 bridgehead atoms. The molecule has 148 valence electrons. The second-order valence-electron chi connectivity index (χ2n) is 7.66. The quantitative estimate of drug-likeness (QED) is 0.716. The van der Waals surface area contributed by atoms with E-state index >= 15 is 0 Å². The summed E-state index contributed by atoms with van der Waals surface area (Å²) in [6.45, 7) is 0.940. The summed E-state index contributed by atoms with van der Waals surface area (Å²) >= 11 is 0. The second-order valence-corrected chi connectivity index (χ2v) is 7.66. The zero-order valence-corrected chi connectivity index (χ0v) is 17.5. The summed E-state index contributed by atoms with van der Waals surface area (Å²) < 4.78 is 5.23. The van der Waals surface area contributed by atoms with Crippen molar-refractivity contribution in [2.24, 2.45) is 5.92 Å². The summed E-state index contributed by atoms with van der Waals surface area (Å²) in [6, 6.07) is 20.5. The number of benzene rings is 2. The van der Waals surface area contributed by atoms with Crippen molar-refractivity contribution in [3.63, 3.8) is 0 Å². The van der Waals surface area contributed by atoms with E-state index in [2.05, 4.69) is 66.8 Å². The number of halogens is 1. The molecular weight excluding hydrogens is 356 g/mol. The summed E-state index contributed by atoms with van der Waals surface area (Å²) in [5.41, 5.74) is 2.77. The van der Waals surface area contributed by atoms with Gasteiger partial charge in [0.15, 0.2) is 0 Å². The maximum absolute atomic E-state index is 5.23. The molecule has 1 saturated carbocycles. The van der Waals surface area contributed by atoms with Crippen molar-refractivity contribution >= 4 is 12.4 Å². The number of nitrogens with zero attached hydrogens (tertiary/aromatic N) is 1. The molecular formula is C23H33ClN2O. The fraction of sp³-hybridized carbons (Fsp3) is 0.478. The van der Waals surface area contributed by atoms with Crippen LogP contribution in [0.2, 0.25) is 0 Å². The number of hydrogen-bond acceptors (Lipinski definition) is 3. The molecule has 1 aliphatic rings. The third kappa shape index (κ3) is 5.97. The van der Waals surface area contributed by atoms with E-state index in [-0.39, 0.29) is 12.4 Å². The van der Waals surface area contributed by atoms with Crippen molar-refractivity contribution < 1.29 is 4.74 Å². The van der Waals surface area contributed by atoms with Gasteiger partial charge in [0, 0.05) is 18.6 Å². The number of nitrogens with one attached hydrogen (secondary N) is 1. The third-order valence-electron chi connectivity index (χ3n) is 5.67. The van der Waals surface area contributed by atoms with Crippen molar-refractivity contribution in [1.29, 1.82) is 0 Å². The lowest BCUT2D eigenvalue weighted by Gasteiger charge is -2.38. The van der Waals surface area contributed by atoms with Crippen LogP contribution >= 0.6 is 12.4 Å². The fourth-order valence-corrected chi connectivity index (χ4v) is 4.29. The molecule has 3 rings (SSSR count). The van der Waals surface area contributed by atoms with Crippen LogP contribution < -0.4 is 10.1 Å². The third-order valence-corrected chi connectivity index (χ3v) is 5.67. The summed E-state index contributed by atoms with van der Waals surface area (Å²) in [6.07, 6.45) is 5.10. The first-order valence-electron chi connectivity index (χ1n) is 9.75. The molecule has 1 unspecified atom stereocenters. The van der Waals surface area contributed by atoms with E-state index in [0.717, 1.165) is 18.2 Å². The second kappa shape index (κ2) is 10.7. The summed E-state index contributed by atoms with van der Waals surface area (Å²) in [5, 5.41) is 3.75. The van der Waals surface area contributed by atoms with Crippen LogP contribution in [0.5, 0.6) is 5.75 Å². The smallest absolute Gasteiger partial charge is 0.118 e. The van der Waals surface area contributed by atoms with Crippen LogP contribution in [-0.2, 0) is 6.54 Å². The lowest BCUT2D eigenvalue weighted by atomic mass is 9.78. The molecule has 1 N–H and O–H groups in total. The molecule has 0 radical (unpaired) electrons. The molecule has 27 heavy (non-hydrogen) atoms. The number of ether oxygens (including phenoxy) is 1. The molecule has 1 aliphatic carbocycles. The molecule has 2 aromatic carbocycles. The van der Waals surface area contributed by atoms with Gasteiger partial charge in [-0.25, -0.2) is 0 Å². The van der Waals surface area contributed by atoms with Crippen LogP contribution in [-0.4, -0.2) is 32.1 Å². The number of rotatable bonds is 7. The van der Waals surface area contributed by atoms with E-state index in [0.29, 0.717) is 12.1 Å². The number of methoxy groups -OCH3 is 1. The average Bonchev–Trinajstić information content (AvgIpc) is 2.68. The van der Waals surface area contributed by atoms with E-state index < -0.39 is 0 Å². The molecule has 0 heterocycles. The lowest BCUT2D eigenvalue weighted by Crippen LogP contribution is -2.36. The van der Waals surface area contributed by atoms with Gasteiger partial charge in [-0.15, -0.1) is 12.4 Å². The molecule has 0 aromatic heterocycles. The van der Waals surface area contributed by atoms with Crippen LogP contribution in [0.3, 0.4) is 0 Å². The Bertz CT molecular complexity index is 652. The number of hydrogen-bond donors (Lipinski definition) is 1. The first-order valence-corrected chi connectivity index (χ1v) is 9.75. The molecule has 1 fully saturated rings. The molecule has 0 amide bonds. The minimum absolute atomic E-state index is 0. The van der Waals surface area contributed by atoms with Gasteiger partial charge < -0.3 is 15.0 Å². The fourth-order valence-electron chi connectivity index (χ4n) is 4.29. The summed E-state index contributed by atoms with van der Waals surface area (Å²) in [5.74, 6) is 1.66. The van der Waals surface area contributed by atoms with Crippen molar-refractivity contribution in [2.75, 3.05) is 21.2 Å². The van der Waals surface area contributed by atoms with Crippen LogP contribution in [0.25, 0.3) is 0 Å². The Hall–Kier alpha value is -1.55. The van der Waals surface area contributed by atoms with Gasteiger partial charge in [0.05, 0.1) is 7.11 Å². The molecule has 1 atom stereocenters. The van der Waals surface area contributed by atoms with Gasteiger partial charge in [-0.1, -0.05) is 42.5 Å². The first-order chi connectivity index (χ1) is 12.7. The maximum Gasteiger partial charge on any atom is 0.118 e. The Morgan fingerprint density at radius 2 is 1.59 bits per heavy atom. The Labute approximate surface area is 170 Å². The standard InChI is InChI=1S/C23H32N2O.ClH/c1-25(2)23(19-7-5-4-6-8-19)20-11-13-21(14-12-20)24-17-18-9-15-22(26-3)16-10-18;/h4-10,15-16,20-21,23-24H,11-14,17H2,1-3H3;1H. The molecule has 3 nitrogen and oxygen atoms in total. The maximum atomic E-state index is 5.23. The SMILES string of the molecule is COc1ccc(CNC2CCC(C(c3ccccc3)N(C)C)CC2)cc1.Cl. The highest BCUT2D eigenvalue weighted by atomic mass is 35.5. The van der Waals surface area contributed by atoms with E-state index in [1.54, 1.807) is 7.11 Å². The summed E-state index contributed by atoms with van der Waals surface area (Å²) in [4.78, 5) is 2.39. The first kappa shape index (κ1) is 21.7. The van der Waals surface area contributed by atoms with Gasteiger partial charge in [-0.3, -0.25) is 0 Å². The Morgan fingerprint density at radius 1 is 0.963 bits per heavy atom. The van der Waals surface area contributed by atoms with Crippen LogP contribution in [0.4, 0.5) is 0 Å². The molecule has 0 spiro atoms. The van der Waals surface area contributed by atoms with Gasteiger partial charge in [-0.05, 0) is 69.0 Å². The van der Waals surface area contributed by atoms with Gasteiger partial charge in [-0.2, -0.15) is 0 Å². The van der Waals surface area contributed by atoms with Crippen molar-refractivity contribution in [3.8, 4) is 5.75 Å². The predicted octanol–water partition coefficient (Wildman–Crippen LogP) is 5.07. The van der Waals surface area contributed by atoms with E-state index in [9.17, 15) is 0 Å². The lowest BCUT2D eigenvalue weighted by molar-refractivity contribution is 0.157. The molecule has 0 aliphatic heterocycles. The highest BCUT2D eigenvalue weighted by molar-refractivity contribution is 5.85. The van der Waals surface area contributed by atoms with Gasteiger partial charge in [0.2, 0.25) is 0 Å². The normalized spacial score (nSPS) is 20.7. The minimum atomic E-state index is 0. The largest absolute Gasteiger partial charge is 0.497 e. The van der Waals surface area contributed by atoms with Crippen LogP contribution in [0.1, 0.15) is 42.9 Å². The predicted molar refractivity (Wildman–Crippen MR) is 116 cm³/mol. The highest BCUT2D eigenvalue weighted by Gasteiger charge is 2.29. The molecule has 2 aromatic rings. The zero-order valence-electron chi connectivity index (χ0n) is 16.7. The van der Waals surface area contributed by atoms with E-state index in [1.807, 2.05) is 12.1 Å². The van der Waals surface area contributed by atoms with Crippen LogP contribution in [0.15, 0.2) is 54.6 Å². The zero-order chi connectivity index (χ0) is 18.4. The minimum Gasteiger partial charge on any atom is -0.497 e. The van der Waals surface area contributed by atoms with Gasteiger partial charge in [0.1, 0.15) is 5.75 Å². The molecule has 0 saturated heterocycles. The Balaban J connectivity index is 0.00000261. The Morgan fingerprint density at radius 3 is 2.15 bits per heavy atom. The van der Waals surface area contributed by atoms with E-state index in [1.165, 1.54) is 36.8 Å². The molecule has 4 heteroatoms. The van der Waals surface area contributed by atoms with Crippen molar-refractivity contribution in [1.82, 2.24) is 10.2 Å². The van der Waals surface area contributed by atoms with Gasteiger partial charge >= 0.3 is 0 Å². The average molecular weight is 389 g/mol. The topological polar surface area (TPSA) is 24.5 Å². The van der Waals surface area contributed by atoms with Gasteiger partial charge in [0.25, 0.3) is 0 Å². The van der Waals surface area contributed by atoms with E-state index in [4.69, 9.17) is 4.74 Å². The van der Waals surface area contributed by atoms with Crippen molar-refractivity contribution in [3.05, 3.63) is 65.7 Å². The van der Waals surface area contributed by atoms with Crippen molar-refractivity contribution in [2.45, 2.75) is 44.3 Å². The summed E-state index contributed by atoms with van der Waals surface area (Å²) in [7, 11) is 6.14. The monoisotopic (exact) mass is 388 g/mol. The highest BCUT2D eigenvalue weighted by Crippen LogP contribution is 2.37. The Kier molecular flexibility index (Phi) is 8.62. The van der Waals surface area contributed by atoms with Crippen LogP contribution in [0, 0.1) is 5.92 Å².